The van der Waals surface area contributed by atoms with E-state index in [9.17, 15) is 9.18 Å². The van der Waals surface area contributed by atoms with Crippen LogP contribution in [0.4, 0.5) is 10.2 Å². The molecule has 1 saturated heterocycles. The summed E-state index contributed by atoms with van der Waals surface area (Å²) >= 11 is 0. The zero-order valence-corrected chi connectivity index (χ0v) is 8.94. The standard InChI is InChI=1S/C11H13FN2O2/c1-7-5-6-16-10(7)11(15)14-9-4-2-3-8(12)13-9/h2-4,7,10H,5-6H2,1H3,(H,13,14,15). The molecule has 1 aromatic rings. The Hall–Kier alpha value is -1.49. The molecule has 4 nitrogen and oxygen atoms in total. The largest absolute Gasteiger partial charge is 0.368 e. The van der Waals surface area contributed by atoms with Crippen molar-refractivity contribution in [2.24, 2.45) is 5.92 Å². The van der Waals surface area contributed by atoms with E-state index < -0.39 is 12.1 Å². The van der Waals surface area contributed by atoms with E-state index >= 15 is 0 Å². The van der Waals surface area contributed by atoms with Gasteiger partial charge in [0.1, 0.15) is 11.9 Å². The molecule has 1 amide bonds. The number of ether oxygens (including phenoxy) is 1. The molecule has 2 rings (SSSR count). The van der Waals surface area contributed by atoms with Crippen LogP contribution < -0.4 is 5.32 Å². The highest BCUT2D eigenvalue weighted by Crippen LogP contribution is 2.21. The molecule has 1 fully saturated rings. The first-order valence-electron chi connectivity index (χ1n) is 5.22. The summed E-state index contributed by atoms with van der Waals surface area (Å²) in [4.78, 5) is 15.3. The Kier molecular flexibility index (Phi) is 3.14. The number of hydrogen-bond donors (Lipinski definition) is 1. The van der Waals surface area contributed by atoms with Crippen molar-refractivity contribution in [3.05, 3.63) is 24.1 Å². The number of rotatable bonds is 2. The molecule has 1 aliphatic heterocycles. The minimum absolute atomic E-state index is 0.188. The summed E-state index contributed by atoms with van der Waals surface area (Å²) in [6.07, 6.45) is 0.416. The molecule has 1 aromatic heterocycles. The van der Waals surface area contributed by atoms with Crippen LogP contribution >= 0.6 is 0 Å². The van der Waals surface area contributed by atoms with Gasteiger partial charge in [0.2, 0.25) is 5.95 Å². The molecule has 2 unspecified atom stereocenters. The van der Waals surface area contributed by atoms with E-state index in [1.54, 1.807) is 6.07 Å². The molecule has 0 aromatic carbocycles. The van der Waals surface area contributed by atoms with E-state index in [2.05, 4.69) is 10.3 Å². The summed E-state index contributed by atoms with van der Waals surface area (Å²) in [6, 6.07) is 4.27. The predicted molar refractivity (Wildman–Crippen MR) is 56.3 cm³/mol. The number of nitrogens with zero attached hydrogens (tertiary/aromatic N) is 1. The molecule has 0 radical (unpaired) electrons. The highest BCUT2D eigenvalue weighted by Gasteiger charge is 2.30. The Morgan fingerprint density at radius 3 is 3.06 bits per heavy atom. The summed E-state index contributed by atoms with van der Waals surface area (Å²) in [6.45, 7) is 2.55. The average Bonchev–Trinajstić information content (AvgIpc) is 2.64. The molecule has 2 heterocycles. The number of halogens is 1. The van der Waals surface area contributed by atoms with Crippen molar-refractivity contribution in [1.29, 1.82) is 0 Å². The topological polar surface area (TPSA) is 51.2 Å². The SMILES string of the molecule is CC1CCOC1C(=O)Nc1cccc(F)n1. The first-order chi connectivity index (χ1) is 7.66. The van der Waals surface area contributed by atoms with Gasteiger partial charge in [-0.25, -0.2) is 4.98 Å². The van der Waals surface area contributed by atoms with Crippen molar-refractivity contribution in [2.45, 2.75) is 19.4 Å². The van der Waals surface area contributed by atoms with Gasteiger partial charge < -0.3 is 10.1 Å². The summed E-state index contributed by atoms with van der Waals surface area (Å²) in [7, 11) is 0. The zero-order chi connectivity index (χ0) is 11.5. The molecule has 16 heavy (non-hydrogen) atoms. The van der Waals surface area contributed by atoms with Crippen LogP contribution in [0.2, 0.25) is 0 Å². The normalized spacial score (nSPS) is 24.4. The quantitative estimate of drug-likeness (QED) is 0.776. The Balaban J connectivity index is 2.02. The van der Waals surface area contributed by atoms with Crippen LogP contribution in [0.15, 0.2) is 18.2 Å². The molecular formula is C11H13FN2O2. The first kappa shape index (κ1) is 11.0. The van der Waals surface area contributed by atoms with E-state index in [0.717, 1.165) is 6.42 Å². The van der Waals surface area contributed by atoms with Crippen LogP contribution in [0.1, 0.15) is 13.3 Å². The molecule has 0 saturated carbocycles. The fourth-order valence-electron chi connectivity index (χ4n) is 1.71. The Labute approximate surface area is 92.8 Å². The van der Waals surface area contributed by atoms with Crippen molar-refractivity contribution in [1.82, 2.24) is 4.98 Å². The number of carbonyl (C=O) groups is 1. The number of hydrogen-bond acceptors (Lipinski definition) is 3. The number of nitrogens with one attached hydrogen (secondary N) is 1. The number of amides is 1. The van der Waals surface area contributed by atoms with Crippen LogP contribution in [-0.2, 0) is 9.53 Å². The van der Waals surface area contributed by atoms with Gasteiger partial charge in [0, 0.05) is 6.61 Å². The third kappa shape index (κ3) is 2.36. The van der Waals surface area contributed by atoms with Gasteiger partial charge in [-0.3, -0.25) is 4.79 Å². The summed E-state index contributed by atoms with van der Waals surface area (Å²) in [5, 5.41) is 2.54. The lowest BCUT2D eigenvalue weighted by molar-refractivity contribution is -0.126. The minimum atomic E-state index is -0.613. The Bertz CT molecular complexity index is 397. The van der Waals surface area contributed by atoms with Crippen molar-refractivity contribution in [3.8, 4) is 0 Å². The second-order valence-electron chi connectivity index (χ2n) is 3.89. The monoisotopic (exact) mass is 224 g/mol. The number of aromatic nitrogens is 1. The molecule has 86 valence electrons. The second-order valence-corrected chi connectivity index (χ2v) is 3.89. The first-order valence-corrected chi connectivity index (χ1v) is 5.22. The van der Waals surface area contributed by atoms with Gasteiger partial charge in [0.15, 0.2) is 0 Å². The van der Waals surface area contributed by atoms with E-state index in [0.29, 0.717) is 6.61 Å². The van der Waals surface area contributed by atoms with Gasteiger partial charge in [0.05, 0.1) is 0 Å². The second kappa shape index (κ2) is 4.57. The number of pyridine rings is 1. The number of anilines is 1. The molecule has 0 spiro atoms. The van der Waals surface area contributed by atoms with Crippen LogP contribution in [0, 0.1) is 11.9 Å². The fraction of sp³-hybridized carbons (Fsp3) is 0.455. The fourth-order valence-corrected chi connectivity index (χ4v) is 1.71. The third-order valence-electron chi connectivity index (χ3n) is 2.61. The van der Waals surface area contributed by atoms with Gasteiger partial charge in [0.25, 0.3) is 5.91 Å². The van der Waals surface area contributed by atoms with E-state index in [1.807, 2.05) is 6.92 Å². The lowest BCUT2D eigenvalue weighted by atomic mass is 10.0. The maximum Gasteiger partial charge on any atom is 0.254 e. The minimum Gasteiger partial charge on any atom is -0.368 e. The van der Waals surface area contributed by atoms with Crippen molar-refractivity contribution in [2.75, 3.05) is 11.9 Å². The maximum absolute atomic E-state index is 12.8. The molecule has 0 bridgehead atoms. The molecule has 1 aliphatic rings. The van der Waals surface area contributed by atoms with Gasteiger partial charge in [-0.05, 0) is 24.5 Å². The Morgan fingerprint density at radius 1 is 1.62 bits per heavy atom. The van der Waals surface area contributed by atoms with Crippen molar-refractivity contribution >= 4 is 11.7 Å². The van der Waals surface area contributed by atoms with Gasteiger partial charge >= 0.3 is 0 Å². The summed E-state index contributed by atoms with van der Waals surface area (Å²) in [5.74, 6) is -0.470. The van der Waals surface area contributed by atoms with Gasteiger partial charge in [-0.1, -0.05) is 13.0 Å². The van der Waals surface area contributed by atoms with E-state index in [1.165, 1.54) is 12.1 Å². The molecule has 1 N–H and O–H groups in total. The van der Waals surface area contributed by atoms with Crippen LogP contribution in [0.3, 0.4) is 0 Å². The smallest absolute Gasteiger partial charge is 0.254 e. The van der Waals surface area contributed by atoms with E-state index in [4.69, 9.17) is 4.74 Å². The highest BCUT2D eigenvalue weighted by atomic mass is 19.1. The summed E-state index contributed by atoms with van der Waals surface area (Å²) in [5.41, 5.74) is 0. The molecular weight excluding hydrogens is 211 g/mol. The average molecular weight is 224 g/mol. The molecule has 2 atom stereocenters. The van der Waals surface area contributed by atoms with Crippen LogP contribution in [0.25, 0.3) is 0 Å². The lowest BCUT2D eigenvalue weighted by Crippen LogP contribution is -2.31. The summed E-state index contributed by atoms with van der Waals surface area (Å²) < 4.78 is 18.1. The van der Waals surface area contributed by atoms with E-state index in [-0.39, 0.29) is 17.6 Å². The van der Waals surface area contributed by atoms with Crippen LogP contribution in [-0.4, -0.2) is 23.6 Å². The molecule has 0 aliphatic carbocycles. The van der Waals surface area contributed by atoms with Gasteiger partial charge in [-0.15, -0.1) is 0 Å². The predicted octanol–water partition coefficient (Wildman–Crippen LogP) is 1.58. The van der Waals surface area contributed by atoms with Crippen LogP contribution in [0.5, 0.6) is 0 Å². The van der Waals surface area contributed by atoms with Crippen molar-refractivity contribution in [3.63, 3.8) is 0 Å². The third-order valence-corrected chi connectivity index (χ3v) is 2.61. The highest BCUT2D eigenvalue weighted by molar-refractivity contribution is 5.93. The lowest BCUT2D eigenvalue weighted by Gasteiger charge is -2.13. The van der Waals surface area contributed by atoms with Crippen molar-refractivity contribution < 1.29 is 13.9 Å². The Morgan fingerprint density at radius 2 is 2.44 bits per heavy atom. The number of carbonyl (C=O) groups excluding carboxylic acids is 1. The maximum atomic E-state index is 12.8. The zero-order valence-electron chi connectivity index (χ0n) is 8.94. The van der Waals surface area contributed by atoms with Gasteiger partial charge in [-0.2, -0.15) is 4.39 Å². The molecule has 5 heteroatoms.